The van der Waals surface area contributed by atoms with E-state index in [-0.39, 0.29) is 6.54 Å². The van der Waals surface area contributed by atoms with E-state index in [1.165, 1.54) is 0 Å². The molecule has 0 amide bonds. The van der Waals surface area contributed by atoms with Gasteiger partial charge in [-0.15, -0.1) is 0 Å². The zero-order chi connectivity index (χ0) is 12.1. The molecule has 0 spiro atoms. The van der Waals surface area contributed by atoms with Gasteiger partial charge in [-0.05, 0) is 25.9 Å². The summed E-state index contributed by atoms with van der Waals surface area (Å²) in [6.07, 6.45) is 2.10. The lowest BCUT2D eigenvalue weighted by atomic mass is 10.2. The van der Waals surface area contributed by atoms with Crippen molar-refractivity contribution >= 4 is 0 Å². The fourth-order valence-corrected chi connectivity index (χ4v) is 1.39. The van der Waals surface area contributed by atoms with Crippen LogP contribution in [0.5, 0.6) is 0 Å². The van der Waals surface area contributed by atoms with Crippen LogP contribution in [0.3, 0.4) is 0 Å². The summed E-state index contributed by atoms with van der Waals surface area (Å²) in [6.45, 7) is 9.72. The molecule has 0 aliphatic heterocycles. The minimum Gasteiger partial charge on any atom is -0.298 e. The number of alkyl halides is 2. The summed E-state index contributed by atoms with van der Waals surface area (Å²) in [4.78, 5) is 1.86. The van der Waals surface area contributed by atoms with Crippen LogP contribution in [0.4, 0.5) is 8.78 Å². The Hall–Kier alpha value is -0.180. The molecule has 0 N–H and O–H groups in total. The molecule has 0 aromatic rings. The topological polar surface area (TPSA) is 3.24 Å². The van der Waals surface area contributed by atoms with Crippen molar-refractivity contribution < 1.29 is 8.78 Å². The zero-order valence-corrected chi connectivity index (χ0v) is 10.7. The van der Waals surface area contributed by atoms with E-state index < -0.39 is 6.43 Å². The van der Waals surface area contributed by atoms with Crippen molar-refractivity contribution in [2.45, 2.75) is 59.8 Å². The fraction of sp³-hybridized carbons (Fsp3) is 1.00. The lowest BCUT2D eigenvalue weighted by Crippen LogP contribution is -2.30. The minimum atomic E-state index is -2.19. The first kappa shape index (κ1) is 17.2. The maximum absolute atomic E-state index is 12.1. The van der Waals surface area contributed by atoms with Crippen LogP contribution in [-0.4, -0.2) is 31.0 Å². The first-order chi connectivity index (χ1) is 7.20. The molecule has 3 heteroatoms. The molecular weight excluding hydrogens is 196 g/mol. The zero-order valence-electron chi connectivity index (χ0n) is 10.7. The molecule has 0 unspecified atom stereocenters. The van der Waals surface area contributed by atoms with Crippen molar-refractivity contribution in [3.05, 3.63) is 0 Å². The molecule has 0 heterocycles. The first-order valence-electron chi connectivity index (χ1n) is 6.21. The van der Waals surface area contributed by atoms with Gasteiger partial charge in [0.1, 0.15) is 0 Å². The van der Waals surface area contributed by atoms with Crippen LogP contribution in [0.2, 0.25) is 0 Å². The van der Waals surface area contributed by atoms with Crippen molar-refractivity contribution in [2.75, 3.05) is 19.6 Å². The van der Waals surface area contributed by atoms with Crippen LogP contribution >= 0.6 is 0 Å². The molecule has 0 rings (SSSR count). The molecular formula is C12H27F2N. The van der Waals surface area contributed by atoms with Crippen molar-refractivity contribution in [3.63, 3.8) is 0 Å². The summed E-state index contributed by atoms with van der Waals surface area (Å²) in [5.41, 5.74) is 0. The normalized spacial score (nSPS) is 10.4. The van der Waals surface area contributed by atoms with Gasteiger partial charge in [0, 0.05) is 0 Å². The molecule has 0 fully saturated rings. The quantitative estimate of drug-likeness (QED) is 0.558. The number of unbranched alkanes of at least 4 members (excludes halogenated alkanes) is 2. The van der Waals surface area contributed by atoms with Crippen molar-refractivity contribution in [2.24, 2.45) is 0 Å². The molecule has 0 bridgehead atoms. The monoisotopic (exact) mass is 223 g/mol. The molecule has 94 valence electrons. The van der Waals surface area contributed by atoms with Gasteiger partial charge in [0.15, 0.2) is 0 Å². The van der Waals surface area contributed by atoms with Crippen LogP contribution < -0.4 is 0 Å². The highest BCUT2D eigenvalue weighted by molar-refractivity contribution is 4.58. The minimum absolute atomic E-state index is 0.0580. The number of halogens is 2. The second-order valence-electron chi connectivity index (χ2n) is 3.40. The Kier molecular flexibility index (Phi) is 15.9. The van der Waals surface area contributed by atoms with E-state index in [9.17, 15) is 8.78 Å². The van der Waals surface area contributed by atoms with Crippen LogP contribution in [0.1, 0.15) is 53.4 Å². The molecule has 0 atom stereocenters. The highest BCUT2D eigenvalue weighted by atomic mass is 19.3. The molecule has 0 saturated carbocycles. The van der Waals surface area contributed by atoms with Gasteiger partial charge in [-0.25, -0.2) is 8.78 Å². The average molecular weight is 223 g/mol. The lowest BCUT2D eigenvalue weighted by molar-refractivity contribution is 0.0873. The van der Waals surface area contributed by atoms with Crippen molar-refractivity contribution in [1.29, 1.82) is 0 Å². The maximum atomic E-state index is 12.1. The number of hydrogen-bond donors (Lipinski definition) is 0. The van der Waals surface area contributed by atoms with E-state index in [4.69, 9.17) is 0 Å². The molecule has 0 saturated heterocycles. The van der Waals surface area contributed by atoms with E-state index in [0.717, 1.165) is 38.8 Å². The molecule has 0 aromatic carbocycles. The Labute approximate surface area is 93.9 Å². The largest absolute Gasteiger partial charge is 0.298 e. The summed E-state index contributed by atoms with van der Waals surface area (Å²) in [5.74, 6) is 0. The number of nitrogens with zero attached hydrogens (tertiary/aromatic N) is 1. The molecule has 0 aliphatic carbocycles. The number of hydrogen-bond acceptors (Lipinski definition) is 1. The lowest BCUT2D eigenvalue weighted by Gasteiger charge is -2.20. The predicted molar refractivity (Wildman–Crippen MR) is 63.6 cm³/mol. The second kappa shape index (κ2) is 13.8. The van der Waals surface area contributed by atoms with Gasteiger partial charge in [0.25, 0.3) is 6.43 Å². The Morgan fingerprint density at radius 2 is 1.53 bits per heavy atom. The molecule has 0 aromatic heterocycles. The molecule has 15 heavy (non-hydrogen) atoms. The standard InChI is InChI=1S/C10H21F2N.C2H6/c1-3-5-6-8-13(7-4-2)9-10(11)12;1-2/h10H,3-9H2,1-2H3;1-2H3. The highest BCUT2D eigenvalue weighted by Crippen LogP contribution is 2.03. The van der Waals surface area contributed by atoms with Crippen LogP contribution in [0.15, 0.2) is 0 Å². The molecule has 1 nitrogen and oxygen atoms in total. The summed E-state index contributed by atoms with van der Waals surface area (Å²) >= 11 is 0. The summed E-state index contributed by atoms with van der Waals surface area (Å²) in [5, 5.41) is 0. The summed E-state index contributed by atoms with van der Waals surface area (Å²) < 4.78 is 24.2. The van der Waals surface area contributed by atoms with Crippen molar-refractivity contribution in [1.82, 2.24) is 4.90 Å². The third-order valence-electron chi connectivity index (χ3n) is 2.01. The number of rotatable bonds is 8. The predicted octanol–water partition coefficient (Wildman–Crippen LogP) is 4.18. The van der Waals surface area contributed by atoms with Gasteiger partial charge in [0.05, 0.1) is 6.54 Å². The Balaban J connectivity index is 0. The SMILES string of the molecule is CC.CCCCCN(CCC)CC(F)F. The second-order valence-corrected chi connectivity index (χ2v) is 3.40. The Morgan fingerprint density at radius 3 is 1.93 bits per heavy atom. The van der Waals surface area contributed by atoms with E-state index in [2.05, 4.69) is 6.92 Å². The van der Waals surface area contributed by atoms with E-state index in [1.54, 1.807) is 0 Å². The fourth-order valence-electron chi connectivity index (χ4n) is 1.39. The summed E-state index contributed by atoms with van der Waals surface area (Å²) in [6, 6.07) is 0. The Morgan fingerprint density at radius 1 is 0.933 bits per heavy atom. The van der Waals surface area contributed by atoms with E-state index in [0.29, 0.717) is 0 Å². The Bertz CT molecular complexity index is 108. The first-order valence-corrected chi connectivity index (χ1v) is 6.21. The molecule has 0 aliphatic rings. The third-order valence-corrected chi connectivity index (χ3v) is 2.01. The highest BCUT2D eigenvalue weighted by Gasteiger charge is 2.09. The van der Waals surface area contributed by atoms with Crippen LogP contribution in [-0.2, 0) is 0 Å². The smallest absolute Gasteiger partial charge is 0.251 e. The summed E-state index contributed by atoms with van der Waals surface area (Å²) in [7, 11) is 0. The van der Waals surface area contributed by atoms with Crippen LogP contribution in [0, 0.1) is 0 Å². The van der Waals surface area contributed by atoms with Gasteiger partial charge < -0.3 is 0 Å². The van der Waals surface area contributed by atoms with E-state index in [1.807, 2.05) is 25.7 Å². The van der Waals surface area contributed by atoms with Crippen molar-refractivity contribution in [3.8, 4) is 0 Å². The van der Waals surface area contributed by atoms with Gasteiger partial charge >= 0.3 is 0 Å². The van der Waals surface area contributed by atoms with E-state index >= 15 is 0 Å². The third kappa shape index (κ3) is 13.8. The average Bonchev–Trinajstić information content (AvgIpc) is 2.20. The van der Waals surface area contributed by atoms with Gasteiger partial charge in [-0.2, -0.15) is 0 Å². The van der Waals surface area contributed by atoms with Gasteiger partial charge in [0.2, 0.25) is 0 Å². The van der Waals surface area contributed by atoms with Crippen LogP contribution in [0.25, 0.3) is 0 Å². The maximum Gasteiger partial charge on any atom is 0.251 e. The molecule has 0 radical (unpaired) electrons. The van der Waals surface area contributed by atoms with Gasteiger partial charge in [-0.1, -0.05) is 40.5 Å². The van der Waals surface area contributed by atoms with Gasteiger partial charge in [-0.3, -0.25) is 4.90 Å².